The van der Waals surface area contributed by atoms with Crippen molar-refractivity contribution in [1.82, 2.24) is 14.9 Å². The molecule has 0 aliphatic carbocycles. The van der Waals surface area contributed by atoms with Crippen molar-refractivity contribution in [3.05, 3.63) is 41.3 Å². The summed E-state index contributed by atoms with van der Waals surface area (Å²) in [7, 11) is 0. The molecule has 0 bridgehead atoms. The number of hydrogen-bond donors (Lipinski definition) is 1. The number of rotatable bonds is 3. The van der Waals surface area contributed by atoms with Crippen molar-refractivity contribution in [2.24, 2.45) is 5.41 Å². The molecule has 1 saturated heterocycles. The molecule has 2 aromatic rings. The third-order valence-electron chi connectivity index (χ3n) is 3.96. The van der Waals surface area contributed by atoms with Crippen LogP contribution in [0, 0.1) is 5.41 Å². The minimum absolute atomic E-state index is 0.177. The summed E-state index contributed by atoms with van der Waals surface area (Å²) in [6.45, 7) is 10.2. The maximum atomic E-state index is 6.08. The predicted molar refractivity (Wildman–Crippen MR) is 93.6 cm³/mol. The largest absolute Gasteiger partial charge is 0.378 e. The van der Waals surface area contributed by atoms with E-state index in [-0.39, 0.29) is 11.5 Å². The molecule has 4 nitrogen and oxygen atoms in total. The van der Waals surface area contributed by atoms with Gasteiger partial charge in [-0.15, -0.1) is 0 Å². The molecule has 1 aromatic carbocycles. The van der Waals surface area contributed by atoms with E-state index in [4.69, 9.17) is 16.3 Å². The van der Waals surface area contributed by atoms with Crippen LogP contribution in [-0.4, -0.2) is 41.2 Å². The minimum Gasteiger partial charge on any atom is -0.378 e. The number of halogens is 1. The van der Waals surface area contributed by atoms with Gasteiger partial charge in [0.1, 0.15) is 5.82 Å². The SMILES string of the molecule is CC(C)(C)CN1CCOCC1c1ncc(-c2cccc(Cl)c2)[nH]1. The van der Waals surface area contributed by atoms with Crippen LogP contribution in [0.25, 0.3) is 11.3 Å². The number of hydrogen-bond acceptors (Lipinski definition) is 3. The maximum absolute atomic E-state index is 6.08. The molecule has 1 unspecified atom stereocenters. The number of ether oxygens (including phenoxy) is 1. The Hall–Kier alpha value is -1.36. The smallest absolute Gasteiger partial charge is 0.126 e. The zero-order chi connectivity index (χ0) is 16.4. The molecule has 0 radical (unpaired) electrons. The highest BCUT2D eigenvalue weighted by Gasteiger charge is 2.29. The Morgan fingerprint density at radius 3 is 2.96 bits per heavy atom. The predicted octanol–water partition coefficient (Wildman–Crippen LogP) is 4.15. The van der Waals surface area contributed by atoms with E-state index in [2.05, 4.69) is 35.6 Å². The first-order valence-corrected chi connectivity index (χ1v) is 8.43. The first kappa shape index (κ1) is 16.5. The van der Waals surface area contributed by atoms with Crippen LogP contribution in [-0.2, 0) is 4.74 Å². The number of aromatic amines is 1. The van der Waals surface area contributed by atoms with E-state index in [0.717, 1.165) is 41.8 Å². The Bertz CT molecular complexity index is 662. The Kier molecular flexibility index (Phi) is 4.76. The lowest BCUT2D eigenvalue weighted by Crippen LogP contribution is -2.44. The van der Waals surface area contributed by atoms with Gasteiger partial charge in [0.05, 0.1) is 31.1 Å². The van der Waals surface area contributed by atoms with Crippen LogP contribution < -0.4 is 0 Å². The molecule has 3 rings (SSSR count). The van der Waals surface area contributed by atoms with Gasteiger partial charge < -0.3 is 9.72 Å². The van der Waals surface area contributed by atoms with Gasteiger partial charge in [-0.25, -0.2) is 4.98 Å². The summed E-state index contributed by atoms with van der Waals surface area (Å²) >= 11 is 6.08. The molecule has 0 spiro atoms. The molecule has 23 heavy (non-hydrogen) atoms. The highest BCUT2D eigenvalue weighted by Crippen LogP contribution is 2.28. The van der Waals surface area contributed by atoms with Crippen LogP contribution in [0.15, 0.2) is 30.5 Å². The molecule has 1 N–H and O–H groups in total. The number of benzene rings is 1. The van der Waals surface area contributed by atoms with Gasteiger partial charge in [-0.3, -0.25) is 4.90 Å². The molecule has 0 amide bonds. The third-order valence-corrected chi connectivity index (χ3v) is 4.20. The fraction of sp³-hybridized carbons (Fsp3) is 0.500. The van der Waals surface area contributed by atoms with Gasteiger partial charge in [0.25, 0.3) is 0 Å². The summed E-state index contributed by atoms with van der Waals surface area (Å²) in [6.07, 6.45) is 1.88. The fourth-order valence-corrected chi connectivity index (χ4v) is 3.19. The van der Waals surface area contributed by atoms with Crippen LogP contribution in [0.4, 0.5) is 0 Å². The first-order valence-electron chi connectivity index (χ1n) is 8.05. The topological polar surface area (TPSA) is 41.1 Å². The van der Waals surface area contributed by atoms with Crippen molar-refractivity contribution in [3.63, 3.8) is 0 Å². The third kappa shape index (κ3) is 4.14. The minimum atomic E-state index is 0.177. The lowest BCUT2D eigenvalue weighted by Gasteiger charge is -2.38. The molecule has 1 aliphatic rings. The summed E-state index contributed by atoms with van der Waals surface area (Å²) in [4.78, 5) is 10.5. The lowest BCUT2D eigenvalue weighted by atomic mass is 9.95. The van der Waals surface area contributed by atoms with Crippen LogP contribution in [0.1, 0.15) is 32.6 Å². The molecular formula is C18H24ClN3O. The van der Waals surface area contributed by atoms with E-state index >= 15 is 0 Å². The number of aromatic nitrogens is 2. The van der Waals surface area contributed by atoms with Crippen molar-refractivity contribution in [2.75, 3.05) is 26.3 Å². The zero-order valence-electron chi connectivity index (χ0n) is 14.0. The summed E-state index contributed by atoms with van der Waals surface area (Å²) in [6, 6.07) is 7.99. The molecule has 0 saturated carbocycles. The average Bonchev–Trinajstić information content (AvgIpc) is 2.96. The highest BCUT2D eigenvalue weighted by molar-refractivity contribution is 6.30. The summed E-state index contributed by atoms with van der Waals surface area (Å²) in [5, 5.41) is 0.731. The summed E-state index contributed by atoms with van der Waals surface area (Å²) in [5.74, 6) is 0.962. The number of nitrogens with one attached hydrogen (secondary N) is 1. The van der Waals surface area contributed by atoms with Gasteiger partial charge in [0, 0.05) is 23.7 Å². The zero-order valence-corrected chi connectivity index (χ0v) is 14.7. The second-order valence-corrected chi connectivity index (χ2v) is 7.75. The number of morpholine rings is 1. The number of nitrogens with zero attached hydrogens (tertiary/aromatic N) is 2. The van der Waals surface area contributed by atoms with Crippen molar-refractivity contribution in [1.29, 1.82) is 0 Å². The molecular weight excluding hydrogens is 310 g/mol. The fourth-order valence-electron chi connectivity index (χ4n) is 3.00. The monoisotopic (exact) mass is 333 g/mol. The molecule has 5 heteroatoms. The van der Waals surface area contributed by atoms with E-state index in [9.17, 15) is 0 Å². The summed E-state index contributed by atoms with van der Waals surface area (Å²) < 4.78 is 5.69. The van der Waals surface area contributed by atoms with Gasteiger partial charge >= 0.3 is 0 Å². The Balaban J connectivity index is 1.83. The second-order valence-electron chi connectivity index (χ2n) is 7.31. The molecule has 1 atom stereocenters. The number of H-pyrrole nitrogens is 1. The van der Waals surface area contributed by atoms with Gasteiger partial charge in [-0.2, -0.15) is 0 Å². The average molecular weight is 334 g/mol. The van der Waals surface area contributed by atoms with Gasteiger partial charge in [-0.05, 0) is 17.5 Å². The van der Waals surface area contributed by atoms with Gasteiger partial charge in [0.15, 0.2) is 0 Å². The van der Waals surface area contributed by atoms with Gasteiger partial charge in [-0.1, -0.05) is 44.5 Å². The van der Waals surface area contributed by atoms with Crippen LogP contribution in [0.5, 0.6) is 0 Å². The van der Waals surface area contributed by atoms with Crippen molar-refractivity contribution >= 4 is 11.6 Å². The molecule has 1 aliphatic heterocycles. The van der Waals surface area contributed by atoms with Crippen LogP contribution >= 0.6 is 11.6 Å². The maximum Gasteiger partial charge on any atom is 0.126 e. The van der Waals surface area contributed by atoms with E-state index < -0.39 is 0 Å². The van der Waals surface area contributed by atoms with E-state index in [1.165, 1.54) is 0 Å². The normalized spacial score (nSPS) is 19.9. The Morgan fingerprint density at radius 1 is 1.39 bits per heavy atom. The first-order chi connectivity index (χ1) is 10.9. The Morgan fingerprint density at radius 2 is 2.22 bits per heavy atom. The van der Waals surface area contributed by atoms with Crippen LogP contribution in [0.3, 0.4) is 0 Å². The quantitative estimate of drug-likeness (QED) is 0.917. The second kappa shape index (κ2) is 6.63. The molecule has 1 fully saturated rings. The summed E-state index contributed by atoms with van der Waals surface area (Å²) in [5.41, 5.74) is 2.29. The highest BCUT2D eigenvalue weighted by atomic mass is 35.5. The molecule has 1 aromatic heterocycles. The van der Waals surface area contributed by atoms with Crippen molar-refractivity contribution < 1.29 is 4.74 Å². The van der Waals surface area contributed by atoms with E-state index in [1.54, 1.807) is 0 Å². The van der Waals surface area contributed by atoms with Crippen LogP contribution in [0.2, 0.25) is 5.02 Å². The number of imidazole rings is 1. The van der Waals surface area contributed by atoms with Gasteiger partial charge in [0.2, 0.25) is 0 Å². The lowest BCUT2D eigenvalue weighted by molar-refractivity contribution is -0.0246. The van der Waals surface area contributed by atoms with E-state index in [0.29, 0.717) is 6.61 Å². The van der Waals surface area contributed by atoms with Crippen molar-refractivity contribution in [3.8, 4) is 11.3 Å². The van der Waals surface area contributed by atoms with E-state index in [1.807, 2.05) is 30.5 Å². The van der Waals surface area contributed by atoms with Crippen molar-refractivity contribution in [2.45, 2.75) is 26.8 Å². The molecule has 124 valence electrons. The Labute approximate surface area is 142 Å². The molecule has 2 heterocycles. The standard InChI is InChI=1S/C18H24ClN3O/c1-18(2,3)12-22-7-8-23-11-16(22)17-20-10-15(21-17)13-5-4-6-14(19)9-13/h4-6,9-10,16H,7-8,11-12H2,1-3H3,(H,20,21).